The zero-order valence-corrected chi connectivity index (χ0v) is 19.5. The minimum absolute atomic E-state index is 0.0119. The molecule has 166 valence electrons. The van der Waals surface area contributed by atoms with Crippen LogP contribution < -0.4 is 20.8 Å². The highest BCUT2D eigenvalue weighted by Crippen LogP contribution is 2.49. The van der Waals surface area contributed by atoms with Crippen LogP contribution in [0.4, 0.5) is 0 Å². The minimum Gasteiger partial charge on any atom is -0.489 e. The molecule has 3 heterocycles. The molecule has 2 aromatic rings. The van der Waals surface area contributed by atoms with Crippen molar-refractivity contribution >= 4 is 16.8 Å². The summed E-state index contributed by atoms with van der Waals surface area (Å²) in [6, 6.07) is -0.265. The van der Waals surface area contributed by atoms with Crippen molar-refractivity contribution in [2.24, 2.45) is 5.73 Å². The Hall–Kier alpha value is -2.27. The number of hydrogen-bond acceptors (Lipinski definition) is 5. The van der Waals surface area contributed by atoms with Gasteiger partial charge in [-0.2, -0.15) is 0 Å². The van der Waals surface area contributed by atoms with E-state index in [9.17, 15) is 4.79 Å². The smallest absolute Gasteiger partial charge is 0.344 e. The summed E-state index contributed by atoms with van der Waals surface area (Å²) in [5.74, 6) is 1.39. The first-order valence-electron chi connectivity index (χ1n) is 11.4. The molecule has 0 radical (unpaired) electrons. The van der Waals surface area contributed by atoms with E-state index in [4.69, 9.17) is 19.6 Å². The van der Waals surface area contributed by atoms with Gasteiger partial charge >= 0.3 is 5.63 Å². The van der Waals surface area contributed by atoms with Crippen molar-refractivity contribution in [3.8, 4) is 11.5 Å². The number of ether oxygens (including phenoxy) is 2. The van der Waals surface area contributed by atoms with E-state index in [2.05, 4.69) is 6.92 Å². The zero-order valence-electron chi connectivity index (χ0n) is 19.5. The molecule has 2 unspecified atom stereocenters. The number of benzene rings is 1. The molecule has 30 heavy (non-hydrogen) atoms. The van der Waals surface area contributed by atoms with Crippen molar-refractivity contribution in [1.82, 2.24) is 0 Å². The summed E-state index contributed by atoms with van der Waals surface area (Å²) >= 11 is 0. The number of hydrogen-bond donors (Lipinski definition) is 1. The van der Waals surface area contributed by atoms with Crippen LogP contribution in [0.5, 0.6) is 11.5 Å². The Bertz CT molecular complexity index is 945. The van der Waals surface area contributed by atoms with E-state index in [1.54, 1.807) is 6.26 Å². The van der Waals surface area contributed by atoms with Gasteiger partial charge in [-0.3, -0.25) is 0 Å². The van der Waals surface area contributed by atoms with Gasteiger partial charge < -0.3 is 19.6 Å². The molecule has 4 rings (SSSR count). The molecular formula is C25H37NO4. The Morgan fingerprint density at radius 3 is 2.43 bits per heavy atom. The van der Waals surface area contributed by atoms with E-state index < -0.39 is 0 Å². The van der Waals surface area contributed by atoms with Crippen molar-refractivity contribution < 1.29 is 13.9 Å². The third kappa shape index (κ3) is 4.41. The first kappa shape index (κ1) is 24.0. The van der Waals surface area contributed by atoms with Gasteiger partial charge in [0.1, 0.15) is 17.6 Å². The van der Waals surface area contributed by atoms with Gasteiger partial charge in [0, 0.05) is 23.4 Å². The fourth-order valence-electron chi connectivity index (χ4n) is 3.99. The third-order valence-electron chi connectivity index (χ3n) is 5.23. The first-order chi connectivity index (χ1) is 14.5. The number of rotatable bonds is 3. The lowest BCUT2D eigenvalue weighted by atomic mass is 9.87. The quantitative estimate of drug-likeness (QED) is 0.650. The van der Waals surface area contributed by atoms with Gasteiger partial charge in [-0.15, -0.1) is 0 Å². The van der Waals surface area contributed by atoms with Crippen LogP contribution in [0.2, 0.25) is 0 Å². The standard InChI is InChI=1S/C21H25NO4.2C2H6/c1-4-5-6-13-10-24-21(23)18-16(13)19-14(8-7-11(2)25-19)20-17(18)15(22)9-12(3)26-20;2*1-2/h7-8,10-12,15H,4-6,9,22H2,1-3H3;2*1-2H3/t11?,12-,15?;;/m1../s1. The number of fused-ring (bicyclic) bond motifs is 6. The lowest BCUT2D eigenvalue weighted by molar-refractivity contribution is 0.175. The van der Waals surface area contributed by atoms with Gasteiger partial charge in [0.25, 0.3) is 0 Å². The predicted octanol–water partition coefficient (Wildman–Crippen LogP) is 6.15. The van der Waals surface area contributed by atoms with Gasteiger partial charge in [-0.1, -0.05) is 41.0 Å². The molecule has 0 spiro atoms. The summed E-state index contributed by atoms with van der Waals surface area (Å²) in [5.41, 5.74) is 8.72. The van der Waals surface area contributed by atoms with E-state index >= 15 is 0 Å². The molecule has 0 saturated carbocycles. The highest BCUT2D eigenvalue weighted by molar-refractivity contribution is 5.99. The lowest BCUT2D eigenvalue weighted by Gasteiger charge is -2.33. The fraction of sp³-hybridized carbons (Fsp3) is 0.560. The normalized spacial score (nSPS) is 21.1. The molecule has 3 atom stereocenters. The number of unbranched alkanes of at least 4 members (excludes halogenated alkanes) is 1. The van der Waals surface area contributed by atoms with E-state index in [-0.39, 0.29) is 23.9 Å². The Morgan fingerprint density at radius 2 is 1.77 bits per heavy atom. The van der Waals surface area contributed by atoms with Crippen molar-refractivity contribution in [2.75, 3.05) is 0 Å². The van der Waals surface area contributed by atoms with Crippen LogP contribution >= 0.6 is 0 Å². The SMILES string of the molecule is CC.CC.CCCCc1coc(=O)c2c3c(c4c(c12)OC(C)C=C4)O[C@H](C)CC3N. The van der Waals surface area contributed by atoms with Gasteiger partial charge in [0.15, 0.2) is 0 Å². The van der Waals surface area contributed by atoms with Crippen LogP contribution in [-0.4, -0.2) is 12.2 Å². The summed E-state index contributed by atoms with van der Waals surface area (Å²) < 4.78 is 17.7. The Balaban J connectivity index is 0.000000757. The molecular weight excluding hydrogens is 378 g/mol. The van der Waals surface area contributed by atoms with Crippen molar-refractivity contribution in [3.63, 3.8) is 0 Å². The van der Waals surface area contributed by atoms with Crippen LogP contribution in [0.1, 0.15) is 90.5 Å². The van der Waals surface area contributed by atoms with Crippen LogP contribution in [0.3, 0.4) is 0 Å². The van der Waals surface area contributed by atoms with E-state index in [0.29, 0.717) is 23.3 Å². The zero-order chi connectivity index (χ0) is 22.4. The summed E-state index contributed by atoms with van der Waals surface area (Å²) in [6.45, 7) is 14.1. The molecule has 0 fully saturated rings. The summed E-state index contributed by atoms with van der Waals surface area (Å²) in [4.78, 5) is 12.7. The van der Waals surface area contributed by atoms with Crippen LogP contribution in [0.15, 0.2) is 21.6 Å². The molecule has 5 heteroatoms. The number of nitrogens with two attached hydrogens (primary N) is 1. The second-order valence-corrected chi connectivity index (χ2v) is 7.34. The van der Waals surface area contributed by atoms with Crippen LogP contribution in [0, 0.1) is 0 Å². The van der Waals surface area contributed by atoms with Gasteiger partial charge in [-0.05, 0) is 44.4 Å². The minimum atomic E-state index is -0.376. The second kappa shape index (κ2) is 10.7. The van der Waals surface area contributed by atoms with Crippen LogP contribution in [-0.2, 0) is 6.42 Å². The van der Waals surface area contributed by atoms with E-state index in [1.807, 2.05) is 53.7 Å². The average molecular weight is 416 g/mol. The topological polar surface area (TPSA) is 74.7 Å². The first-order valence-corrected chi connectivity index (χ1v) is 11.4. The van der Waals surface area contributed by atoms with Gasteiger partial charge in [0.05, 0.1) is 23.3 Å². The predicted molar refractivity (Wildman–Crippen MR) is 125 cm³/mol. The molecule has 2 N–H and O–H groups in total. The van der Waals surface area contributed by atoms with E-state index in [0.717, 1.165) is 41.3 Å². The monoisotopic (exact) mass is 415 g/mol. The van der Waals surface area contributed by atoms with E-state index in [1.165, 1.54) is 0 Å². The summed E-state index contributed by atoms with van der Waals surface area (Å²) in [6.07, 6.45) is 9.11. The Labute approximate surface area is 180 Å². The molecule has 0 bridgehead atoms. The van der Waals surface area contributed by atoms with Crippen molar-refractivity contribution in [1.29, 1.82) is 0 Å². The average Bonchev–Trinajstić information content (AvgIpc) is 2.75. The molecule has 0 aliphatic carbocycles. The van der Waals surface area contributed by atoms with Crippen LogP contribution in [0.25, 0.3) is 16.8 Å². The molecule has 1 aromatic carbocycles. The molecule has 5 nitrogen and oxygen atoms in total. The third-order valence-corrected chi connectivity index (χ3v) is 5.23. The summed E-state index contributed by atoms with van der Waals surface area (Å²) in [7, 11) is 0. The lowest BCUT2D eigenvalue weighted by Crippen LogP contribution is -2.30. The molecule has 2 aliphatic heterocycles. The fourth-order valence-corrected chi connectivity index (χ4v) is 3.99. The van der Waals surface area contributed by atoms with Gasteiger partial charge in [0.2, 0.25) is 0 Å². The number of aryl methyl sites for hydroxylation is 1. The summed E-state index contributed by atoms with van der Waals surface area (Å²) in [5, 5.41) is 1.36. The maximum Gasteiger partial charge on any atom is 0.344 e. The molecule has 0 saturated heterocycles. The largest absolute Gasteiger partial charge is 0.489 e. The molecule has 2 aliphatic rings. The van der Waals surface area contributed by atoms with Gasteiger partial charge in [-0.25, -0.2) is 4.79 Å². The maximum absolute atomic E-state index is 12.7. The highest BCUT2D eigenvalue weighted by atomic mass is 16.5. The Kier molecular flexibility index (Phi) is 8.54. The second-order valence-electron chi connectivity index (χ2n) is 7.34. The molecule has 0 amide bonds. The molecule has 1 aromatic heterocycles. The van der Waals surface area contributed by atoms with Crippen molar-refractivity contribution in [3.05, 3.63) is 39.4 Å². The Morgan fingerprint density at radius 1 is 1.07 bits per heavy atom. The highest BCUT2D eigenvalue weighted by Gasteiger charge is 2.34. The maximum atomic E-state index is 12.7. The van der Waals surface area contributed by atoms with Crippen molar-refractivity contribution in [2.45, 2.75) is 92.4 Å².